The van der Waals surface area contributed by atoms with Crippen molar-refractivity contribution in [2.75, 3.05) is 49.9 Å². The fourth-order valence-electron chi connectivity index (χ4n) is 9.15. The topological polar surface area (TPSA) is 177 Å². The van der Waals surface area contributed by atoms with E-state index in [4.69, 9.17) is 4.98 Å². The molecule has 3 aliphatic heterocycles. The lowest BCUT2D eigenvalue weighted by Crippen LogP contribution is -2.54. The minimum Gasteiger partial charge on any atom is -0.386 e. The van der Waals surface area contributed by atoms with E-state index in [0.29, 0.717) is 47.1 Å². The van der Waals surface area contributed by atoms with Gasteiger partial charge < -0.3 is 20.6 Å². The first kappa shape index (κ1) is 40.7. The number of anilines is 2. The summed E-state index contributed by atoms with van der Waals surface area (Å²) in [4.78, 5) is 79.5. The molecular weight excluding hydrogens is 769 g/mol. The largest absolute Gasteiger partial charge is 0.386 e. The predicted octanol–water partition coefficient (Wildman–Crippen LogP) is 5.27. The Morgan fingerprint density at radius 1 is 0.966 bits per heavy atom. The van der Waals surface area contributed by atoms with E-state index in [2.05, 4.69) is 37.7 Å². The lowest BCUT2D eigenvalue weighted by Gasteiger charge is -2.42. The van der Waals surface area contributed by atoms with Gasteiger partial charge >= 0.3 is 0 Å². The second-order valence-electron chi connectivity index (χ2n) is 17.1. The molecule has 14 nitrogen and oxygen atoms in total. The molecule has 2 saturated heterocycles. The molecule has 1 unspecified atom stereocenters. The molecular formula is C44H52N8O6S. The van der Waals surface area contributed by atoms with E-state index >= 15 is 0 Å². The van der Waals surface area contributed by atoms with Crippen LogP contribution in [0.1, 0.15) is 113 Å². The monoisotopic (exact) mass is 820 g/mol. The SMILES string of the molecule is Cc1cccc(C(=O)Nc2cc3sc(C4CCC(CN5CCN(CCNc6cccc7c6C(=O)N(C6CCC(=O)NC6=O)C7=O)[C@@H](C)C5)CC4)nc3cc2C(C)(C)O)n1. The van der Waals surface area contributed by atoms with Crippen LogP contribution in [0.4, 0.5) is 11.4 Å². The second-order valence-corrected chi connectivity index (χ2v) is 18.1. The molecule has 1 saturated carbocycles. The number of imide groups is 2. The Labute approximate surface area is 347 Å². The molecule has 4 N–H and O–H groups in total. The molecule has 1 aliphatic carbocycles. The summed E-state index contributed by atoms with van der Waals surface area (Å²) in [7, 11) is 0. The van der Waals surface area contributed by atoms with Gasteiger partial charge in [0.2, 0.25) is 11.8 Å². The van der Waals surface area contributed by atoms with Gasteiger partial charge in [-0.3, -0.25) is 39.1 Å². The highest BCUT2D eigenvalue weighted by atomic mass is 32.1. The van der Waals surface area contributed by atoms with Gasteiger partial charge in [0.1, 0.15) is 11.7 Å². The Morgan fingerprint density at radius 3 is 2.47 bits per heavy atom. The Hall–Kier alpha value is -5.09. The van der Waals surface area contributed by atoms with Crippen LogP contribution in [0.25, 0.3) is 10.2 Å². The number of piperazine rings is 1. The first-order valence-electron chi connectivity index (χ1n) is 20.7. The maximum absolute atomic E-state index is 13.5. The zero-order valence-electron chi connectivity index (χ0n) is 34.0. The minimum atomic E-state index is -1.18. The highest BCUT2D eigenvalue weighted by Crippen LogP contribution is 2.42. The predicted molar refractivity (Wildman–Crippen MR) is 226 cm³/mol. The average Bonchev–Trinajstić information content (AvgIpc) is 3.73. The van der Waals surface area contributed by atoms with Crippen LogP contribution in [0.15, 0.2) is 48.5 Å². The number of hydrogen-bond donors (Lipinski definition) is 4. The normalized spacial score (nSPS) is 23.1. The van der Waals surface area contributed by atoms with Crippen molar-refractivity contribution in [1.29, 1.82) is 0 Å². The number of hydrogen-bond acceptors (Lipinski definition) is 12. The Morgan fingerprint density at radius 2 is 1.75 bits per heavy atom. The molecule has 2 aromatic carbocycles. The molecule has 0 spiro atoms. The summed E-state index contributed by atoms with van der Waals surface area (Å²) in [5.41, 5.74) is 3.05. The number of fused-ring (bicyclic) bond motifs is 2. The molecule has 5 amide bonds. The van der Waals surface area contributed by atoms with Gasteiger partial charge in [-0.25, -0.2) is 9.97 Å². The molecule has 0 bridgehead atoms. The smallest absolute Gasteiger partial charge is 0.274 e. The molecule has 3 fully saturated rings. The quantitative estimate of drug-likeness (QED) is 0.145. The van der Waals surface area contributed by atoms with Crippen molar-refractivity contribution in [3.63, 3.8) is 0 Å². The lowest BCUT2D eigenvalue weighted by molar-refractivity contribution is -0.136. The molecule has 4 aromatic rings. The van der Waals surface area contributed by atoms with Gasteiger partial charge in [0.15, 0.2) is 0 Å². The molecule has 2 atom stereocenters. The first-order chi connectivity index (χ1) is 28.2. The number of pyridine rings is 1. The van der Waals surface area contributed by atoms with Crippen molar-refractivity contribution in [3.8, 4) is 0 Å². The molecule has 310 valence electrons. The molecule has 59 heavy (non-hydrogen) atoms. The summed E-state index contributed by atoms with van der Waals surface area (Å²) in [6.07, 6.45) is 4.65. The van der Waals surface area contributed by atoms with Crippen LogP contribution >= 0.6 is 11.3 Å². The van der Waals surface area contributed by atoms with Crippen LogP contribution < -0.4 is 16.0 Å². The second kappa shape index (κ2) is 16.5. The van der Waals surface area contributed by atoms with Crippen molar-refractivity contribution in [3.05, 3.63) is 81.6 Å². The number of aryl methyl sites for hydroxylation is 1. The number of piperidine rings is 1. The van der Waals surface area contributed by atoms with E-state index in [-0.39, 0.29) is 29.9 Å². The third kappa shape index (κ3) is 8.51. The third-order valence-electron chi connectivity index (χ3n) is 12.3. The highest BCUT2D eigenvalue weighted by Gasteiger charge is 2.45. The number of carbonyl (C=O) groups is 5. The van der Waals surface area contributed by atoms with E-state index in [1.54, 1.807) is 49.4 Å². The maximum Gasteiger partial charge on any atom is 0.274 e. The molecule has 4 aliphatic rings. The van der Waals surface area contributed by atoms with Crippen LogP contribution in [-0.2, 0) is 15.2 Å². The highest BCUT2D eigenvalue weighted by molar-refractivity contribution is 7.18. The van der Waals surface area contributed by atoms with E-state index in [1.165, 1.54) is 0 Å². The summed E-state index contributed by atoms with van der Waals surface area (Å²) < 4.78 is 0.984. The standard InChI is InChI=1S/C44H52N8O6S/c1-25-7-5-10-32(46-25)39(54)47-33-22-36-34(21-30(33)44(3,4)58)48-41(59-36)28-13-11-27(12-14-28)24-50-19-20-51(26(2)23-50)18-17-45-31-9-6-8-29-38(31)43(57)52(42(29)56)35-15-16-37(53)49-40(35)55/h5-10,21-22,26-28,35,45,58H,11-20,23-24H2,1-4H3,(H,47,54)(H,49,53,55)/t26-,27?,28?,35?/m0/s1. The van der Waals surface area contributed by atoms with Crippen LogP contribution in [0.2, 0.25) is 0 Å². The molecule has 8 rings (SSSR count). The molecule has 0 radical (unpaired) electrons. The van der Waals surface area contributed by atoms with Gasteiger partial charge in [0, 0.05) is 80.3 Å². The van der Waals surface area contributed by atoms with Gasteiger partial charge in [0.05, 0.1) is 32.0 Å². The summed E-state index contributed by atoms with van der Waals surface area (Å²) in [5, 5.41) is 20.8. The number of benzene rings is 2. The van der Waals surface area contributed by atoms with E-state index in [1.807, 2.05) is 31.2 Å². The number of nitrogens with one attached hydrogen (secondary N) is 3. The Balaban J connectivity index is 0.820. The Bertz CT molecular complexity index is 2310. The fraction of sp³-hybridized carbons (Fsp3) is 0.477. The number of amides is 5. The van der Waals surface area contributed by atoms with Gasteiger partial charge in [-0.2, -0.15) is 0 Å². The number of nitrogens with zero attached hydrogens (tertiary/aromatic N) is 5. The molecule has 5 heterocycles. The zero-order chi connectivity index (χ0) is 41.6. The first-order valence-corrected chi connectivity index (χ1v) is 21.5. The van der Waals surface area contributed by atoms with Crippen LogP contribution in [0.5, 0.6) is 0 Å². The van der Waals surface area contributed by atoms with Gasteiger partial charge in [-0.1, -0.05) is 12.1 Å². The number of thiazole rings is 1. The van der Waals surface area contributed by atoms with Crippen LogP contribution in [-0.4, -0.2) is 111 Å². The molecule has 15 heteroatoms. The molecule has 2 aromatic heterocycles. The number of aliphatic hydroxyl groups is 1. The summed E-state index contributed by atoms with van der Waals surface area (Å²) in [6.45, 7) is 12.9. The van der Waals surface area contributed by atoms with Crippen molar-refractivity contribution >= 4 is 62.5 Å². The van der Waals surface area contributed by atoms with Gasteiger partial charge in [-0.15, -0.1) is 11.3 Å². The zero-order valence-corrected chi connectivity index (χ0v) is 34.9. The summed E-state index contributed by atoms with van der Waals surface area (Å²) in [6, 6.07) is 13.7. The van der Waals surface area contributed by atoms with Gasteiger partial charge in [0.25, 0.3) is 17.7 Å². The van der Waals surface area contributed by atoms with Crippen molar-refractivity contribution in [1.82, 2.24) is 30.0 Å². The third-order valence-corrected chi connectivity index (χ3v) is 13.5. The van der Waals surface area contributed by atoms with Crippen molar-refractivity contribution < 1.29 is 29.1 Å². The average molecular weight is 821 g/mol. The maximum atomic E-state index is 13.5. The van der Waals surface area contributed by atoms with Crippen LogP contribution in [0.3, 0.4) is 0 Å². The van der Waals surface area contributed by atoms with E-state index < -0.39 is 35.3 Å². The number of rotatable bonds is 11. The summed E-state index contributed by atoms with van der Waals surface area (Å²) >= 11 is 1.68. The lowest BCUT2D eigenvalue weighted by atomic mass is 9.82. The van der Waals surface area contributed by atoms with E-state index in [0.717, 1.165) is 84.2 Å². The van der Waals surface area contributed by atoms with Crippen molar-refractivity contribution in [2.45, 2.75) is 89.8 Å². The Kier molecular flexibility index (Phi) is 11.4. The van der Waals surface area contributed by atoms with E-state index in [9.17, 15) is 29.1 Å². The van der Waals surface area contributed by atoms with Crippen molar-refractivity contribution in [2.24, 2.45) is 5.92 Å². The van der Waals surface area contributed by atoms with Crippen LogP contribution in [0, 0.1) is 12.8 Å². The minimum absolute atomic E-state index is 0.0830. The summed E-state index contributed by atoms with van der Waals surface area (Å²) in [5.74, 6) is -1.34. The fourth-order valence-corrected chi connectivity index (χ4v) is 10.3. The number of carbonyl (C=O) groups excluding carboxylic acids is 5. The number of aromatic nitrogens is 2. The van der Waals surface area contributed by atoms with Gasteiger partial charge in [-0.05, 0) is 102 Å².